The highest BCUT2D eigenvalue weighted by atomic mass is 19.1. The lowest BCUT2D eigenvalue weighted by atomic mass is 10.1. The number of halogens is 1. The number of ether oxygens (including phenoxy) is 1. The van der Waals surface area contributed by atoms with Crippen LogP contribution in [-0.2, 0) is 11.3 Å². The maximum atomic E-state index is 13.2. The molecule has 1 atom stereocenters. The monoisotopic (exact) mass is 255 g/mol. The van der Waals surface area contributed by atoms with Crippen LogP contribution < -0.4 is 4.74 Å². The second-order valence-electron chi connectivity index (χ2n) is 4.32. The zero-order valence-electron chi connectivity index (χ0n) is 10.8. The summed E-state index contributed by atoms with van der Waals surface area (Å²) in [5, 5.41) is 8.73. The number of hydrogen-bond acceptors (Lipinski definition) is 3. The fraction of sp³-hybridized carbons (Fsp3) is 0.462. The van der Waals surface area contributed by atoms with Gasteiger partial charge in [-0.15, -0.1) is 0 Å². The Kier molecular flexibility index (Phi) is 5.09. The fourth-order valence-corrected chi connectivity index (χ4v) is 1.70. The molecule has 1 rings (SSSR count). The summed E-state index contributed by atoms with van der Waals surface area (Å²) in [6, 6.07) is 4.18. The number of rotatable bonds is 6. The Bertz CT molecular complexity index is 423. The number of methoxy groups -OCH3 is 1. The van der Waals surface area contributed by atoms with Gasteiger partial charge < -0.3 is 9.84 Å². The van der Waals surface area contributed by atoms with Crippen LogP contribution in [-0.4, -0.2) is 36.2 Å². The first-order valence-corrected chi connectivity index (χ1v) is 5.68. The Hall–Kier alpha value is -1.62. The molecule has 1 N–H and O–H groups in total. The van der Waals surface area contributed by atoms with Crippen molar-refractivity contribution >= 4 is 5.97 Å². The Morgan fingerprint density at radius 1 is 1.56 bits per heavy atom. The molecule has 0 aliphatic carbocycles. The minimum absolute atomic E-state index is 0.0497. The number of carboxylic acid groups (broad SMARTS) is 1. The topological polar surface area (TPSA) is 49.8 Å². The maximum absolute atomic E-state index is 13.2. The van der Waals surface area contributed by atoms with Crippen molar-refractivity contribution < 1.29 is 19.0 Å². The number of carbonyl (C=O) groups is 1. The second-order valence-corrected chi connectivity index (χ2v) is 4.32. The zero-order valence-corrected chi connectivity index (χ0v) is 10.8. The number of hydrogen-bond donors (Lipinski definition) is 1. The molecule has 0 aromatic heterocycles. The highest BCUT2D eigenvalue weighted by molar-refractivity contribution is 5.67. The molecule has 0 bridgehead atoms. The van der Waals surface area contributed by atoms with Crippen LogP contribution in [0.5, 0.6) is 5.75 Å². The lowest BCUT2D eigenvalue weighted by Crippen LogP contribution is -2.30. The molecule has 1 aromatic rings. The van der Waals surface area contributed by atoms with Crippen molar-refractivity contribution in [3.63, 3.8) is 0 Å². The van der Waals surface area contributed by atoms with Crippen LogP contribution in [0.25, 0.3) is 0 Å². The van der Waals surface area contributed by atoms with Crippen LogP contribution in [0.4, 0.5) is 4.39 Å². The lowest BCUT2D eigenvalue weighted by molar-refractivity contribution is -0.138. The smallest absolute Gasteiger partial charge is 0.304 e. The molecule has 0 saturated carbocycles. The number of nitrogens with zero attached hydrogens (tertiary/aromatic N) is 1. The average Bonchev–Trinajstić information content (AvgIpc) is 2.28. The quantitative estimate of drug-likeness (QED) is 0.846. The predicted molar refractivity (Wildman–Crippen MR) is 66.1 cm³/mol. The third-order valence-electron chi connectivity index (χ3n) is 2.88. The van der Waals surface area contributed by atoms with Crippen molar-refractivity contribution in [1.82, 2.24) is 4.90 Å². The van der Waals surface area contributed by atoms with E-state index in [4.69, 9.17) is 9.84 Å². The standard InChI is InChI=1S/C13H18FNO3/c1-9(6-13(16)17)15(2)8-10-7-11(14)4-5-12(10)18-3/h4-5,7,9H,6,8H2,1-3H3,(H,16,17). The third-order valence-corrected chi connectivity index (χ3v) is 2.88. The van der Waals surface area contributed by atoms with E-state index in [0.29, 0.717) is 17.9 Å². The first-order chi connectivity index (χ1) is 8.43. The van der Waals surface area contributed by atoms with Gasteiger partial charge in [0.05, 0.1) is 13.5 Å². The molecule has 0 spiro atoms. The summed E-state index contributed by atoms with van der Waals surface area (Å²) in [4.78, 5) is 12.5. The van der Waals surface area contributed by atoms with Crippen LogP contribution in [0.3, 0.4) is 0 Å². The van der Waals surface area contributed by atoms with E-state index >= 15 is 0 Å². The van der Waals surface area contributed by atoms with Crippen LogP contribution >= 0.6 is 0 Å². The van der Waals surface area contributed by atoms with Crippen LogP contribution in [0.2, 0.25) is 0 Å². The Morgan fingerprint density at radius 2 is 2.22 bits per heavy atom. The molecule has 0 amide bonds. The van der Waals surface area contributed by atoms with Crippen molar-refractivity contribution in [1.29, 1.82) is 0 Å². The van der Waals surface area contributed by atoms with Crippen molar-refractivity contribution in [2.45, 2.75) is 25.9 Å². The highest BCUT2D eigenvalue weighted by Gasteiger charge is 2.15. The van der Waals surface area contributed by atoms with E-state index < -0.39 is 5.97 Å². The van der Waals surface area contributed by atoms with E-state index in [9.17, 15) is 9.18 Å². The Labute approximate surface area is 106 Å². The summed E-state index contributed by atoms with van der Waals surface area (Å²) in [7, 11) is 3.33. The molecule has 18 heavy (non-hydrogen) atoms. The van der Waals surface area contributed by atoms with Gasteiger partial charge in [0.25, 0.3) is 0 Å². The van der Waals surface area contributed by atoms with Crippen molar-refractivity contribution in [2.75, 3.05) is 14.2 Å². The van der Waals surface area contributed by atoms with Gasteiger partial charge in [0.2, 0.25) is 0 Å². The summed E-state index contributed by atoms with van der Waals surface area (Å²) < 4.78 is 18.3. The summed E-state index contributed by atoms with van der Waals surface area (Å²) in [6.07, 6.45) is 0.0497. The molecule has 1 unspecified atom stereocenters. The molecular formula is C13H18FNO3. The largest absolute Gasteiger partial charge is 0.496 e. The molecular weight excluding hydrogens is 237 g/mol. The molecule has 0 aliphatic heterocycles. The molecule has 5 heteroatoms. The summed E-state index contributed by atoms with van der Waals surface area (Å²) >= 11 is 0. The molecule has 0 saturated heterocycles. The Morgan fingerprint density at radius 3 is 2.78 bits per heavy atom. The highest BCUT2D eigenvalue weighted by Crippen LogP contribution is 2.21. The van der Waals surface area contributed by atoms with Gasteiger partial charge in [-0.2, -0.15) is 0 Å². The van der Waals surface area contributed by atoms with Gasteiger partial charge in [0, 0.05) is 18.2 Å². The average molecular weight is 255 g/mol. The van der Waals surface area contributed by atoms with Crippen molar-refractivity contribution in [3.05, 3.63) is 29.6 Å². The molecule has 0 aliphatic rings. The molecule has 100 valence electrons. The molecule has 1 aromatic carbocycles. The van der Waals surface area contributed by atoms with E-state index in [0.717, 1.165) is 0 Å². The van der Waals surface area contributed by atoms with E-state index in [2.05, 4.69) is 0 Å². The van der Waals surface area contributed by atoms with Gasteiger partial charge >= 0.3 is 5.97 Å². The van der Waals surface area contributed by atoms with E-state index in [1.54, 1.807) is 13.1 Å². The SMILES string of the molecule is COc1ccc(F)cc1CN(C)C(C)CC(=O)O. The minimum Gasteiger partial charge on any atom is -0.496 e. The normalized spacial score (nSPS) is 12.5. The first kappa shape index (κ1) is 14.4. The van der Waals surface area contributed by atoms with Gasteiger partial charge in [-0.1, -0.05) is 0 Å². The summed E-state index contributed by atoms with van der Waals surface area (Å²) in [5.41, 5.74) is 0.706. The van der Waals surface area contributed by atoms with Gasteiger partial charge in [-0.25, -0.2) is 4.39 Å². The molecule has 4 nitrogen and oxygen atoms in total. The lowest BCUT2D eigenvalue weighted by Gasteiger charge is -2.24. The fourth-order valence-electron chi connectivity index (χ4n) is 1.70. The third kappa shape index (κ3) is 4.00. The molecule has 0 radical (unpaired) electrons. The van der Waals surface area contributed by atoms with Crippen molar-refractivity contribution in [2.24, 2.45) is 0 Å². The van der Waals surface area contributed by atoms with E-state index in [1.165, 1.54) is 19.2 Å². The second kappa shape index (κ2) is 6.35. The van der Waals surface area contributed by atoms with Gasteiger partial charge in [-0.05, 0) is 32.2 Å². The zero-order chi connectivity index (χ0) is 13.7. The van der Waals surface area contributed by atoms with E-state index in [-0.39, 0.29) is 18.3 Å². The summed E-state index contributed by atoms with van der Waals surface area (Å²) in [6.45, 7) is 2.26. The van der Waals surface area contributed by atoms with Gasteiger partial charge in [0.15, 0.2) is 0 Å². The van der Waals surface area contributed by atoms with E-state index in [1.807, 2.05) is 11.8 Å². The predicted octanol–water partition coefficient (Wildman–Crippen LogP) is 2.13. The first-order valence-electron chi connectivity index (χ1n) is 5.68. The van der Waals surface area contributed by atoms with Crippen LogP contribution in [0.15, 0.2) is 18.2 Å². The minimum atomic E-state index is -0.847. The van der Waals surface area contributed by atoms with Crippen LogP contribution in [0.1, 0.15) is 18.9 Å². The molecule has 0 fully saturated rings. The summed E-state index contributed by atoms with van der Waals surface area (Å²) in [5.74, 6) is -0.573. The number of benzene rings is 1. The van der Waals surface area contributed by atoms with Gasteiger partial charge in [0.1, 0.15) is 11.6 Å². The molecule has 0 heterocycles. The Balaban J connectivity index is 2.77. The number of aliphatic carboxylic acids is 1. The van der Waals surface area contributed by atoms with Gasteiger partial charge in [-0.3, -0.25) is 9.69 Å². The maximum Gasteiger partial charge on any atom is 0.304 e. The number of carboxylic acids is 1. The van der Waals surface area contributed by atoms with Crippen molar-refractivity contribution in [3.8, 4) is 5.75 Å². The van der Waals surface area contributed by atoms with Crippen LogP contribution in [0, 0.1) is 5.82 Å².